The van der Waals surface area contributed by atoms with Crippen molar-refractivity contribution in [1.29, 1.82) is 0 Å². The number of hydrogen-bond donors (Lipinski definition) is 3. The third-order valence-electron chi connectivity index (χ3n) is 7.74. The number of aromatic hydroxyl groups is 2. The minimum Gasteiger partial charge on any atom is -0.506 e. The summed E-state index contributed by atoms with van der Waals surface area (Å²) >= 11 is 0. The second-order valence-corrected chi connectivity index (χ2v) is 12.6. The van der Waals surface area contributed by atoms with Crippen molar-refractivity contribution >= 4 is 60.8 Å². The average Bonchev–Trinajstić information content (AvgIpc) is 3.07. The van der Waals surface area contributed by atoms with Gasteiger partial charge in [-0.1, -0.05) is 49.4 Å². The van der Waals surface area contributed by atoms with Crippen LogP contribution in [0.3, 0.4) is 0 Å². The molecule has 0 saturated carbocycles. The zero-order chi connectivity index (χ0) is 33.6. The lowest BCUT2D eigenvalue weighted by Gasteiger charge is -2.27. The molecule has 11 heteroatoms. The van der Waals surface area contributed by atoms with Crippen LogP contribution in [0.4, 0.5) is 34.1 Å². The highest BCUT2D eigenvalue weighted by atomic mass is 32.2. The average molecular weight is 652 g/mol. The van der Waals surface area contributed by atoms with Crippen molar-refractivity contribution in [2.75, 3.05) is 27.6 Å². The molecule has 0 radical (unpaired) electrons. The zero-order valence-corrected chi connectivity index (χ0v) is 27.3. The summed E-state index contributed by atoms with van der Waals surface area (Å²) < 4.78 is 30.2. The van der Waals surface area contributed by atoms with E-state index in [1.165, 1.54) is 28.6 Å². The number of anilines is 4. The van der Waals surface area contributed by atoms with E-state index >= 15 is 0 Å². The Balaban J connectivity index is 1.61. The lowest BCUT2D eigenvalue weighted by Crippen LogP contribution is -2.28. The molecule has 1 amide bonds. The maximum Gasteiger partial charge on any atom is 0.243 e. The second-order valence-electron chi connectivity index (χ2n) is 10.8. The van der Waals surface area contributed by atoms with Crippen LogP contribution in [0.5, 0.6) is 11.5 Å². The van der Waals surface area contributed by atoms with Gasteiger partial charge in [0.05, 0.1) is 28.5 Å². The van der Waals surface area contributed by atoms with Gasteiger partial charge in [-0.25, -0.2) is 12.7 Å². The fourth-order valence-electron chi connectivity index (χ4n) is 5.35. The van der Waals surface area contributed by atoms with Crippen LogP contribution in [0.25, 0.3) is 10.8 Å². The number of carbonyl (C=O) groups excluding carboxylic acids is 1. The van der Waals surface area contributed by atoms with Gasteiger partial charge >= 0.3 is 0 Å². The van der Waals surface area contributed by atoms with Crippen molar-refractivity contribution in [3.05, 3.63) is 109 Å². The van der Waals surface area contributed by atoms with Gasteiger partial charge in [-0.3, -0.25) is 4.79 Å². The van der Waals surface area contributed by atoms with Crippen LogP contribution in [0.1, 0.15) is 32.8 Å². The molecule has 0 atom stereocenters. The molecule has 5 aromatic rings. The topological polar surface area (TPSA) is 135 Å². The van der Waals surface area contributed by atoms with Gasteiger partial charge in [-0.15, -0.1) is 5.11 Å². The van der Waals surface area contributed by atoms with Crippen LogP contribution in [0.15, 0.2) is 113 Å². The van der Waals surface area contributed by atoms with Crippen LogP contribution in [-0.2, 0) is 20.6 Å². The fraction of sp³-hybridized carbons (Fsp3) is 0.194. The summed E-state index contributed by atoms with van der Waals surface area (Å²) in [6.45, 7) is 7.34. The fourth-order valence-corrected chi connectivity index (χ4v) is 6.99. The van der Waals surface area contributed by atoms with E-state index in [1.54, 1.807) is 55.5 Å². The van der Waals surface area contributed by atoms with E-state index in [1.807, 2.05) is 44.2 Å². The Morgan fingerprint density at radius 2 is 1.34 bits per heavy atom. The Kier molecular flexibility index (Phi) is 10.1. The summed E-state index contributed by atoms with van der Waals surface area (Å²) in [5.74, 6) is -1.22. The minimum atomic E-state index is -4.21. The predicted octanol–water partition coefficient (Wildman–Crippen LogP) is 8.53. The molecule has 10 nitrogen and oxygen atoms in total. The number of nitrogens with zero attached hydrogens (tertiary/aromatic N) is 4. The predicted molar refractivity (Wildman–Crippen MR) is 188 cm³/mol. The number of benzene rings is 5. The Labute approximate surface area is 274 Å². The molecule has 0 aromatic heterocycles. The van der Waals surface area contributed by atoms with Crippen molar-refractivity contribution in [2.24, 2.45) is 10.2 Å². The standard InChI is InChI=1S/C36H37N5O5S/c1-4-35(44)37-32-23-29(20-21-33(32)42)41(28-18-16-27(17-19-28)40(5-2)6-3)47(45,46)24-25-22-34(43)36(31-15-11-10-14-30(25)31)39-38-26-12-8-7-9-13-26/h7-23,42-43H,4-6,24H2,1-3H3,(H,37,44). The first kappa shape index (κ1) is 33.0. The number of phenols is 2. The zero-order valence-electron chi connectivity index (χ0n) is 26.5. The number of fused-ring (bicyclic) bond motifs is 1. The maximum absolute atomic E-state index is 14.5. The van der Waals surface area contributed by atoms with E-state index in [0.29, 0.717) is 27.7 Å². The van der Waals surface area contributed by atoms with Crippen LogP contribution in [0, 0.1) is 0 Å². The summed E-state index contributed by atoms with van der Waals surface area (Å²) in [5, 5.41) is 33.9. The quantitative estimate of drug-likeness (QED) is 0.0914. The molecule has 47 heavy (non-hydrogen) atoms. The number of carbonyl (C=O) groups is 1. The number of hydrogen-bond acceptors (Lipinski definition) is 8. The molecule has 0 spiro atoms. The highest BCUT2D eigenvalue weighted by Crippen LogP contribution is 2.41. The summed E-state index contributed by atoms with van der Waals surface area (Å²) in [6, 6.07) is 29.1. The van der Waals surface area contributed by atoms with E-state index in [2.05, 4.69) is 20.4 Å². The van der Waals surface area contributed by atoms with Crippen molar-refractivity contribution < 1.29 is 23.4 Å². The molecule has 0 bridgehead atoms. The molecule has 0 unspecified atom stereocenters. The second kappa shape index (κ2) is 14.3. The first-order chi connectivity index (χ1) is 22.6. The Hall–Kier alpha value is -5.42. The van der Waals surface area contributed by atoms with Crippen molar-refractivity contribution in [1.82, 2.24) is 0 Å². The first-order valence-electron chi connectivity index (χ1n) is 15.4. The van der Waals surface area contributed by atoms with Gasteiger partial charge in [0.1, 0.15) is 17.2 Å². The summed E-state index contributed by atoms with van der Waals surface area (Å²) in [4.78, 5) is 14.3. The Morgan fingerprint density at radius 1 is 0.723 bits per heavy atom. The molecule has 5 rings (SSSR count). The summed E-state index contributed by atoms with van der Waals surface area (Å²) in [7, 11) is -4.21. The number of azo groups is 1. The van der Waals surface area contributed by atoms with E-state index in [-0.39, 0.29) is 40.9 Å². The normalized spacial score (nSPS) is 11.6. The number of phenolic OH excluding ortho intramolecular Hbond substituents is 2. The van der Waals surface area contributed by atoms with Gasteiger partial charge in [0.15, 0.2) is 0 Å². The maximum atomic E-state index is 14.5. The number of rotatable bonds is 12. The van der Waals surface area contributed by atoms with E-state index in [0.717, 1.165) is 18.8 Å². The number of amides is 1. The van der Waals surface area contributed by atoms with Gasteiger partial charge in [0.25, 0.3) is 0 Å². The van der Waals surface area contributed by atoms with Crippen molar-refractivity contribution in [3.8, 4) is 11.5 Å². The third-order valence-corrected chi connectivity index (χ3v) is 9.40. The molecule has 0 aliphatic carbocycles. The Bertz CT molecular complexity index is 2010. The van der Waals surface area contributed by atoms with E-state index in [9.17, 15) is 23.4 Å². The van der Waals surface area contributed by atoms with Crippen molar-refractivity contribution in [3.63, 3.8) is 0 Å². The molecular formula is C36H37N5O5S. The number of sulfonamides is 1. The molecule has 0 aliphatic heterocycles. The number of nitrogens with one attached hydrogen (secondary N) is 1. The molecule has 0 aliphatic rings. The van der Waals surface area contributed by atoms with Gasteiger partial charge in [-0.05, 0) is 85.5 Å². The molecular weight excluding hydrogens is 614 g/mol. The smallest absolute Gasteiger partial charge is 0.243 e. The summed E-state index contributed by atoms with van der Waals surface area (Å²) in [5.41, 5.74) is 2.80. The Morgan fingerprint density at radius 3 is 2.00 bits per heavy atom. The summed E-state index contributed by atoms with van der Waals surface area (Å²) in [6.07, 6.45) is 0.177. The van der Waals surface area contributed by atoms with Gasteiger partial charge in [0.2, 0.25) is 15.9 Å². The molecule has 242 valence electrons. The van der Waals surface area contributed by atoms with Crippen LogP contribution in [0.2, 0.25) is 0 Å². The lowest BCUT2D eigenvalue weighted by molar-refractivity contribution is -0.115. The van der Waals surface area contributed by atoms with Gasteiger partial charge in [-0.2, -0.15) is 5.11 Å². The molecule has 0 saturated heterocycles. The van der Waals surface area contributed by atoms with Crippen LogP contribution < -0.4 is 14.5 Å². The van der Waals surface area contributed by atoms with Gasteiger partial charge in [0, 0.05) is 30.6 Å². The molecule has 0 heterocycles. The van der Waals surface area contributed by atoms with Crippen LogP contribution >= 0.6 is 0 Å². The van der Waals surface area contributed by atoms with E-state index < -0.39 is 15.8 Å². The van der Waals surface area contributed by atoms with Crippen molar-refractivity contribution in [2.45, 2.75) is 32.9 Å². The first-order valence-corrected chi connectivity index (χ1v) is 17.0. The lowest BCUT2D eigenvalue weighted by atomic mass is 10.0. The van der Waals surface area contributed by atoms with Crippen LogP contribution in [-0.4, -0.2) is 37.6 Å². The third kappa shape index (κ3) is 7.36. The highest BCUT2D eigenvalue weighted by Gasteiger charge is 2.28. The van der Waals surface area contributed by atoms with E-state index in [4.69, 9.17) is 0 Å². The molecule has 0 fully saturated rings. The largest absolute Gasteiger partial charge is 0.506 e. The molecule has 5 aromatic carbocycles. The highest BCUT2D eigenvalue weighted by molar-refractivity contribution is 7.92. The minimum absolute atomic E-state index is 0.0885. The SMILES string of the molecule is CCC(=O)Nc1cc(N(c2ccc(N(CC)CC)cc2)S(=O)(=O)Cc2cc(O)c(N=Nc3ccccc3)c3ccccc23)ccc1O. The monoisotopic (exact) mass is 651 g/mol. The van der Waals surface area contributed by atoms with Gasteiger partial charge < -0.3 is 20.4 Å². The molecule has 3 N–H and O–H groups in total.